The number of fused-ring (bicyclic) bond motifs is 3. The van der Waals surface area contributed by atoms with Crippen molar-refractivity contribution in [2.45, 2.75) is 44.3 Å². The second-order valence-corrected chi connectivity index (χ2v) is 8.72. The van der Waals surface area contributed by atoms with Crippen LogP contribution in [0.15, 0.2) is 48.5 Å². The molecule has 1 heterocycles. The predicted octanol–water partition coefficient (Wildman–Crippen LogP) is 3.30. The molecule has 1 aliphatic heterocycles. The van der Waals surface area contributed by atoms with Crippen LogP contribution in [-0.2, 0) is 19.1 Å². The fourth-order valence-corrected chi connectivity index (χ4v) is 4.64. The first-order valence-electron chi connectivity index (χ1n) is 11.7. The molecule has 1 saturated heterocycles. The zero-order valence-corrected chi connectivity index (χ0v) is 19.2. The van der Waals surface area contributed by atoms with E-state index in [0.717, 1.165) is 11.1 Å². The molecule has 34 heavy (non-hydrogen) atoms. The molecule has 8 heteroatoms. The van der Waals surface area contributed by atoms with E-state index in [1.165, 1.54) is 11.1 Å². The van der Waals surface area contributed by atoms with Crippen LogP contribution in [0.4, 0.5) is 4.79 Å². The second-order valence-electron chi connectivity index (χ2n) is 8.72. The van der Waals surface area contributed by atoms with Crippen molar-refractivity contribution in [3.05, 3.63) is 59.7 Å². The van der Waals surface area contributed by atoms with E-state index in [1.54, 1.807) is 6.92 Å². The zero-order valence-electron chi connectivity index (χ0n) is 19.2. The Labute approximate surface area is 198 Å². The number of hydrogen-bond acceptors (Lipinski definition) is 5. The molecule has 3 N–H and O–H groups in total. The van der Waals surface area contributed by atoms with Crippen molar-refractivity contribution in [2.24, 2.45) is 5.92 Å². The monoisotopic (exact) mass is 466 g/mol. The Morgan fingerprint density at radius 3 is 2.29 bits per heavy atom. The smallest absolute Gasteiger partial charge is 0.407 e. The highest BCUT2D eigenvalue weighted by molar-refractivity contribution is 5.82. The van der Waals surface area contributed by atoms with Gasteiger partial charge in [0.05, 0.1) is 12.0 Å². The van der Waals surface area contributed by atoms with Crippen molar-refractivity contribution >= 4 is 18.0 Å². The number of amides is 2. The summed E-state index contributed by atoms with van der Waals surface area (Å²) in [5.74, 6) is -1.87. The first-order chi connectivity index (χ1) is 16.5. The van der Waals surface area contributed by atoms with E-state index in [0.29, 0.717) is 19.3 Å². The average molecular weight is 467 g/mol. The SMILES string of the molecule is CCC(CNC(=O)C1CCC(CNC(=O)OCC2c3ccccc3-c3ccccc32)O1)C(=O)O. The first-order valence-corrected chi connectivity index (χ1v) is 11.7. The minimum absolute atomic E-state index is 0.00768. The predicted molar refractivity (Wildman–Crippen MR) is 125 cm³/mol. The maximum atomic E-state index is 12.3. The molecule has 0 radical (unpaired) electrons. The Bertz CT molecular complexity index is 1010. The van der Waals surface area contributed by atoms with Gasteiger partial charge in [-0.25, -0.2) is 4.79 Å². The number of ether oxygens (including phenoxy) is 2. The van der Waals surface area contributed by atoms with Gasteiger partial charge in [-0.05, 0) is 41.5 Å². The van der Waals surface area contributed by atoms with E-state index in [1.807, 2.05) is 24.3 Å². The molecule has 2 amide bonds. The van der Waals surface area contributed by atoms with Crippen molar-refractivity contribution in [3.8, 4) is 11.1 Å². The lowest BCUT2D eigenvalue weighted by atomic mass is 9.98. The van der Waals surface area contributed by atoms with Crippen LogP contribution < -0.4 is 10.6 Å². The molecule has 0 spiro atoms. The molecular weight excluding hydrogens is 436 g/mol. The Hall–Kier alpha value is -3.39. The van der Waals surface area contributed by atoms with E-state index >= 15 is 0 Å². The lowest BCUT2D eigenvalue weighted by Gasteiger charge is -2.17. The van der Waals surface area contributed by atoms with Gasteiger partial charge in [0, 0.05) is 19.0 Å². The molecule has 2 aliphatic rings. The van der Waals surface area contributed by atoms with Crippen LogP contribution in [-0.4, -0.2) is 55.0 Å². The van der Waals surface area contributed by atoms with Gasteiger partial charge in [-0.2, -0.15) is 0 Å². The first kappa shape index (κ1) is 23.8. The topological polar surface area (TPSA) is 114 Å². The van der Waals surface area contributed by atoms with Crippen molar-refractivity contribution in [3.63, 3.8) is 0 Å². The van der Waals surface area contributed by atoms with Crippen molar-refractivity contribution in [1.29, 1.82) is 0 Å². The van der Waals surface area contributed by atoms with Crippen LogP contribution in [0, 0.1) is 5.92 Å². The van der Waals surface area contributed by atoms with E-state index in [4.69, 9.17) is 14.6 Å². The molecule has 3 atom stereocenters. The summed E-state index contributed by atoms with van der Waals surface area (Å²) in [5.41, 5.74) is 4.64. The van der Waals surface area contributed by atoms with Crippen molar-refractivity contribution in [2.75, 3.05) is 19.7 Å². The highest BCUT2D eigenvalue weighted by atomic mass is 16.5. The maximum absolute atomic E-state index is 12.3. The Morgan fingerprint density at radius 1 is 1.03 bits per heavy atom. The lowest BCUT2D eigenvalue weighted by Crippen LogP contribution is -2.40. The summed E-state index contributed by atoms with van der Waals surface area (Å²) in [4.78, 5) is 35.7. The number of benzene rings is 2. The van der Waals surface area contributed by atoms with Crippen LogP contribution in [0.3, 0.4) is 0 Å². The minimum atomic E-state index is -0.930. The molecule has 0 saturated carbocycles. The fraction of sp³-hybridized carbons (Fsp3) is 0.423. The van der Waals surface area contributed by atoms with Crippen LogP contribution >= 0.6 is 0 Å². The standard InChI is InChI=1S/C26H30N2O6/c1-2-16(25(30)31)13-27-24(29)23-12-11-17(34-23)14-28-26(32)33-15-22-20-9-5-3-7-18(20)19-8-4-6-10-21(19)22/h3-10,16-17,22-23H,2,11-15H2,1H3,(H,27,29)(H,28,32)(H,30,31). The molecule has 2 aromatic carbocycles. The highest BCUT2D eigenvalue weighted by Gasteiger charge is 2.32. The summed E-state index contributed by atoms with van der Waals surface area (Å²) in [6.45, 7) is 2.32. The number of hydrogen-bond donors (Lipinski definition) is 3. The molecule has 0 aromatic heterocycles. The highest BCUT2D eigenvalue weighted by Crippen LogP contribution is 2.44. The van der Waals surface area contributed by atoms with Gasteiger partial charge in [0.15, 0.2) is 0 Å². The van der Waals surface area contributed by atoms with Crippen molar-refractivity contribution < 1.29 is 29.0 Å². The molecule has 1 aliphatic carbocycles. The maximum Gasteiger partial charge on any atom is 0.407 e. The Kier molecular flexibility index (Phi) is 7.47. The molecule has 8 nitrogen and oxygen atoms in total. The lowest BCUT2D eigenvalue weighted by molar-refractivity contribution is -0.142. The second kappa shape index (κ2) is 10.7. The van der Waals surface area contributed by atoms with Gasteiger partial charge in [0.2, 0.25) is 5.91 Å². The summed E-state index contributed by atoms with van der Waals surface area (Å²) in [7, 11) is 0. The number of alkyl carbamates (subject to hydrolysis) is 1. The van der Waals surface area contributed by atoms with E-state index < -0.39 is 24.1 Å². The average Bonchev–Trinajstić information content (AvgIpc) is 3.44. The van der Waals surface area contributed by atoms with Crippen LogP contribution in [0.5, 0.6) is 0 Å². The van der Waals surface area contributed by atoms with Crippen LogP contribution in [0.1, 0.15) is 43.2 Å². The van der Waals surface area contributed by atoms with Gasteiger partial charge in [-0.3, -0.25) is 9.59 Å². The summed E-state index contributed by atoms with van der Waals surface area (Å²) < 4.78 is 11.3. The largest absolute Gasteiger partial charge is 0.481 e. The molecular formula is C26H30N2O6. The fourth-order valence-electron chi connectivity index (χ4n) is 4.64. The molecule has 180 valence electrons. The van der Waals surface area contributed by atoms with Crippen molar-refractivity contribution in [1.82, 2.24) is 10.6 Å². The van der Waals surface area contributed by atoms with Crippen LogP contribution in [0.25, 0.3) is 11.1 Å². The van der Waals surface area contributed by atoms with E-state index in [9.17, 15) is 14.4 Å². The summed E-state index contributed by atoms with van der Waals surface area (Å²) in [6.07, 6.45) is 0.127. The number of carbonyl (C=O) groups is 3. The number of carboxylic acid groups (broad SMARTS) is 1. The van der Waals surface area contributed by atoms with Crippen LogP contribution in [0.2, 0.25) is 0 Å². The quantitative estimate of drug-likeness (QED) is 0.523. The normalized spacial score (nSPS) is 19.7. The number of nitrogens with one attached hydrogen (secondary N) is 2. The third kappa shape index (κ3) is 5.22. The molecule has 2 aromatic rings. The summed E-state index contributed by atoms with van der Waals surface area (Å²) in [6, 6.07) is 16.3. The van der Waals surface area contributed by atoms with Gasteiger partial charge in [-0.15, -0.1) is 0 Å². The molecule has 4 rings (SSSR count). The number of carbonyl (C=O) groups excluding carboxylic acids is 2. The molecule has 0 bridgehead atoms. The number of rotatable bonds is 9. The Morgan fingerprint density at radius 2 is 1.68 bits per heavy atom. The van der Waals surface area contributed by atoms with Gasteiger partial charge in [0.25, 0.3) is 0 Å². The van der Waals surface area contributed by atoms with Gasteiger partial charge >= 0.3 is 12.1 Å². The summed E-state index contributed by atoms with van der Waals surface area (Å²) in [5, 5.41) is 14.5. The van der Waals surface area contributed by atoms with E-state index in [-0.39, 0.29) is 37.6 Å². The molecule has 1 fully saturated rings. The van der Waals surface area contributed by atoms with Gasteiger partial charge in [-0.1, -0.05) is 55.5 Å². The third-order valence-electron chi connectivity index (χ3n) is 6.58. The van der Waals surface area contributed by atoms with E-state index in [2.05, 4.69) is 34.9 Å². The third-order valence-corrected chi connectivity index (χ3v) is 6.58. The molecule has 3 unspecified atom stereocenters. The minimum Gasteiger partial charge on any atom is -0.481 e. The number of aliphatic carboxylic acids is 1. The Balaban J connectivity index is 1.22. The summed E-state index contributed by atoms with van der Waals surface area (Å²) >= 11 is 0. The van der Waals surface area contributed by atoms with Gasteiger partial charge in [0.1, 0.15) is 12.7 Å². The zero-order chi connectivity index (χ0) is 24.1. The van der Waals surface area contributed by atoms with Gasteiger partial charge < -0.3 is 25.2 Å². The number of carboxylic acids is 1.